The summed E-state index contributed by atoms with van der Waals surface area (Å²) >= 11 is 0. The van der Waals surface area contributed by atoms with E-state index in [2.05, 4.69) is 18.3 Å². The molecule has 1 aromatic carbocycles. The SMILES string of the molecule is CC1CC1c1ccc(CNc2ccccc2CC(N)=O)o1. The van der Waals surface area contributed by atoms with E-state index in [9.17, 15) is 4.79 Å². The Kier molecular flexibility index (Phi) is 3.69. The zero-order valence-corrected chi connectivity index (χ0v) is 12.1. The first-order valence-electron chi connectivity index (χ1n) is 7.32. The summed E-state index contributed by atoms with van der Waals surface area (Å²) in [6.45, 7) is 2.85. The number of nitrogens with two attached hydrogens (primary N) is 1. The molecule has 1 heterocycles. The van der Waals surface area contributed by atoms with Crippen molar-refractivity contribution in [3.63, 3.8) is 0 Å². The molecule has 4 heteroatoms. The second-order valence-corrected chi connectivity index (χ2v) is 5.78. The van der Waals surface area contributed by atoms with Gasteiger partial charge in [0.05, 0.1) is 13.0 Å². The molecule has 4 nitrogen and oxygen atoms in total. The van der Waals surface area contributed by atoms with E-state index in [1.54, 1.807) is 0 Å². The summed E-state index contributed by atoms with van der Waals surface area (Å²) < 4.78 is 5.87. The number of anilines is 1. The van der Waals surface area contributed by atoms with Crippen LogP contribution in [-0.2, 0) is 17.8 Å². The molecular weight excluding hydrogens is 264 g/mol. The number of amides is 1. The molecule has 21 heavy (non-hydrogen) atoms. The first-order valence-corrected chi connectivity index (χ1v) is 7.32. The lowest BCUT2D eigenvalue weighted by atomic mass is 10.1. The van der Waals surface area contributed by atoms with E-state index in [1.165, 1.54) is 6.42 Å². The minimum atomic E-state index is -0.327. The molecule has 1 aromatic heterocycles. The first kappa shape index (κ1) is 13.7. The fraction of sp³-hybridized carbons (Fsp3) is 0.353. The zero-order chi connectivity index (χ0) is 14.8. The van der Waals surface area contributed by atoms with Crippen LogP contribution in [0.15, 0.2) is 40.8 Å². The molecule has 0 aliphatic heterocycles. The largest absolute Gasteiger partial charge is 0.464 e. The molecule has 1 amide bonds. The van der Waals surface area contributed by atoms with E-state index < -0.39 is 0 Å². The number of nitrogens with one attached hydrogen (secondary N) is 1. The summed E-state index contributed by atoms with van der Waals surface area (Å²) in [4.78, 5) is 11.1. The minimum Gasteiger partial charge on any atom is -0.464 e. The average Bonchev–Trinajstić information content (AvgIpc) is 3.00. The molecule has 110 valence electrons. The van der Waals surface area contributed by atoms with Crippen molar-refractivity contribution in [2.45, 2.75) is 32.2 Å². The Morgan fingerprint density at radius 3 is 2.81 bits per heavy atom. The maximum absolute atomic E-state index is 11.1. The third-order valence-corrected chi connectivity index (χ3v) is 3.99. The number of carbonyl (C=O) groups excluding carboxylic acids is 1. The number of carbonyl (C=O) groups is 1. The minimum absolute atomic E-state index is 0.242. The van der Waals surface area contributed by atoms with Gasteiger partial charge in [0.1, 0.15) is 11.5 Å². The van der Waals surface area contributed by atoms with Gasteiger partial charge in [0.15, 0.2) is 0 Å². The quantitative estimate of drug-likeness (QED) is 0.856. The van der Waals surface area contributed by atoms with Crippen LogP contribution in [0.4, 0.5) is 5.69 Å². The van der Waals surface area contributed by atoms with Gasteiger partial charge in [-0.1, -0.05) is 25.1 Å². The number of primary amides is 1. The van der Waals surface area contributed by atoms with Crippen LogP contribution >= 0.6 is 0 Å². The molecular formula is C17H20N2O2. The molecule has 2 aromatic rings. The molecule has 0 saturated heterocycles. The lowest BCUT2D eigenvalue weighted by Crippen LogP contribution is -2.15. The molecule has 1 aliphatic carbocycles. The molecule has 3 N–H and O–H groups in total. The fourth-order valence-corrected chi connectivity index (χ4v) is 2.62. The van der Waals surface area contributed by atoms with Crippen LogP contribution in [-0.4, -0.2) is 5.91 Å². The molecule has 2 atom stereocenters. The smallest absolute Gasteiger partial charge is 0.221 e. The lowest BCUT2D eigenvalue weighted by Gasteiger charge is -2.09. The molecule has 2 unspecified atom stereocenters. The van der Waals surface area contributed by atoms with Gasteiger partial charge in [-0.05, 0) is 36.1 Å². The normalized spacial score (nSPS) is 20.2. The van der Waals surface area contributed by atoms with Crippen LogP contribution in [0.3, 0.4) is 0 Å². The highest BCUT2D eigenvalue weighted by molar-refractivity contribution is 5.78. The van der Waals surface area contributed by atoms with Gasteiger partial charge in [-0.25, -0.2) is 0 Å². The number of hydrogen-bond donors (Lipinski definition) is 2. The number of hydrogen-bond acceptors (Lipinski definition) is 3. The number of benzene rings is 1. The van der Waals surface area contributed by atoms with E-state index in [0.29, 0.717) is 12.5 Å². The Morgan fingerprint density at radius 2 is 2.10 bits per heavy atom. The van der Waals surface area contributed by atoms with Crippen molar-refractivity contribution in [2.75, 3.05) is 5.32 Å². The van der Waals surface area contributed by atoms with Crippen molar-refractivity contribution in [1.82, 2.24) is 0 Å². The van der Waals surface area contributed by atoms with Gasteiger partial charge in [0, 0.05) is 11.6 Å². The van der Waals surface area contributed by atoms with Gasteiger partial charge in [0.2, 0.25) is 5.91 Å². The number of furan rings is 1. The van der Waals surface area contributed by atoms with Crippen molar-refractivity contribution >= 4 is 11.6 Å². The summed E-state index contributed by atoms with van der Waals surface area (Å²) in [6, 6.07) is 11.8. The predicted octanol–water partition coefficient (Wildman–Crippen LogP) is 3.04. The van der Waals surface area contributed by atoms with Crippen LogP contribution in [0.25, 0.3) is 0 Å². The van der Waals surface area contributed by atoms with Gasteiger partial charge >= 0.3 is 0 Å². The summed E-state index contributed by atoms with van der Waals surface area (Å²) in [5.41, 5.74) is 7.11. The van der Waals surface area contributed by atoms with Crippen molar-refractivity contribution < 1.29 is 9.21 Å². The number of rotatable bonds is 6. The monoisotopic (exact) mass is 284 g/mol. The molecule has 1 saturated carbocycles. The highest BCUT2D eigenvalue weighted by atomic mass is 16.3. The Morgan fingerprint density at radius 1 is 1.33 bits per heavy atom. The Hall–Kier alpha value is -2.23. The van der Waals surface area contributed by atoms with Gasteiger partial charge in [0.25, 0.3) is 0 Å². The first-order chi connectivity index (χ1) is 10.1. The van der Waals surface area contributed by atoms with Crippen molar-refractivity contribution in [1.29, 1.82) is 0 Å². The van der Waals surface area contributed by atoms with Crippen LogP contribution < -0.4 is 11.1 Å². The summed E-state index contributed by atoms with van der Waals surface area (Å²) in [5.74, 6) is 3.02. The standard InChI is InChI=1S/C17H20N2O2/c1-11-8-14(11)16-7-6-13(21-16)10-19-15-5-3-2-4-12(15)9-17(18)20/h2-7,11,14,19H,8-10H2,1H3,(H2,18,20). The second-order valence-electron chi connectivity index (χ2n) is 5.78. The third kappa shape index (κ3) is 3.27. The van der Waals surface area contributed by atoms with Gasteiger partial charge in [-0.2, -0.15) is 0 Å². The van der Waals surface area contributed by atoms with Gasteiger partial charge < -0.3 is 15.5 Å². The molecule has 0 bridgehead atoms. The van der Waals surface area contributed by atoms with Crippen LogP contribution in [0, 0.1) is 5.92 Å². The van der Waals surface area contributed by atoms with Crippen LogP contribution in [0.1, 0.15) is 36.3 Å². The van der Waals surface area contributed by atoms with Crippen molar-refractivity contribution in [2.24, 2.45) is 11.7 Å². The zero-order valence-electron chi connectivity index (χ0n) is 12.1. The van der Waals surface area contributed by atoms with Gasteiger partial charge in [-0.15, -0.1) is 0 Å². The number of para-hydroxylation sites is 1. The van der Waals surface area contributed by atoms with Crippen molar-refractivity contribution in [3.8, 4) is 0 Å². The van der Waals surface area contributed by atoms with Gasteiger partial charge in [-0.3, -0.25) is 4.79 Å². The second kappa shape index (κ2) is 5.64. The lowest BCUT2D eigenvalue weighted by molar-refractivity contribution is -0.117. The Balaban J connectivity index is 1.64. The summed E-state index contributed by atoms with van der Waals surface area (Å²) in [6.07, 6.45) is 1.47. The summed E-state index contributed by atoms with van der Waals surface area (Å²) in [7, 11) is 0. The maximum atomic E-state index is 11.1. The molecule has 0 radical (unpaired) electrons. The molecule has 3 rings (SSSR count). The Labute approximate surface area is 124 Å². The average molecular weight is 284 g/mol. The van der Waals surface area contributed by atoms with Crippen LogP contribution in [0.2, 0.25) is 0 Å². The van der Waals surface area contributed by atoms with Crippen molar-refractivity contribution in [3.05, 3.63) is 53.5 Å². The maximum Gasteiger partial charge on any atom is 0.221 e. The molecule has 0 spiro atoms. The van der Waals surface area contributed by atoms with E-state index in [-0.39, 0.29) is 12.3 Å². The predicted molar refractivity (Wildman–Crippen MR) is 81.9 cm³/mol. The molecule has 1 fully saturated rings. The fourth-order valence-electron chi connectivity index (χ4n) is 2.62. The molecule has 1 aliphatic rings. The third-order valence-electron chi connectivity index (χ3n) is 3.99. The van der Waals surface area contributed by atoms with E-state index in [0.717, 1.165) is 28.7 Å². The summed E-state index contributed by atoms with van der Waals surface area (Å²) in [5, 5.41) is 3.32. The van der Waals surface area contributed by atoms with E-state index in [1.807, 2.05) is 30.3 Å². The Bertz CT molecular complexity index is 648. The highest BCUT2D eigenvalue weighted by Gasteiger charge is 2.36. The van der Waals surface area contributed by atoms with E-state index >= 15 is 0 Å². The van der Waals surface area contributed by atoms with Crippen LogP contribution in [0.5, 0.6) is 0 Å². The topological polar surface area (TPSA) is 68.3 Å². The van der Waals surface area contributed by atoms with E-state index in [4.69, 9.17) is 10.2 Å². The highest BCUT2D eigenvalue weighted by Crippen LogP contribution is 2.47.